The molecule has 3 rings (SSSR count). The van der Waals surface area contributed by atoms with Gasteiger partial charge in [0, 0.05) is 15.2 Å². The number of benzene rings is 2. The van der Waals surface area contributed by atoms with Crippen molar-refractivity contribution in [2.45, 2.75) is 13.8 Å². The molecule has 9 heteroatoms. The molecule has 6 nitrogen and oxygen atoms in total. The third-order valence-electron chi connectivity index (χ3n) is 4.08. The number of hydrogen-bond donors (Lipinski definition) is 2. The van der Waals surface area contributed by atoms with Crippen molar-refractivity contribution in [2.75, 3.05) is 0 Å². The fraction of sp³-hybridized carbons (Fsp3) is 0.105. The molecule has 0 aliphatic carbocycles. The van der Waals surface area contributed by atoms with Gasteiger partial charge in [0.05, 0.1) is 16.4 Å². The molecule has 1 heterocycles. The Morgan fingerprint density at radius 3 is 2.54 bits per heavy atom. The van der Waals surface area contributed by atoms with Gasteiger partial charge < -0.3 is 5.11 Å². The minimum absolute atomic E-state index is 0.154. The minimum atomic E-state index is -0.748. The van der Waals surface area contributed by atoms with Gasteiger partial charge in [0.1, 0.15) is 5.56 Å². The number of hydrogen-bond acceptors (Lipinski definition) is 4. The highest BCUT2D eigenvalue weighted by Crippen LogP contribution is 2.29. The first-order valence-electron chi connectivity index (χ1n) is 8.03. The Morgan fingerprint density at radius 1 is 1.14 bits per heavy atom. The van der Waals surface area contributed by atoms with Crippen LogP contribution >= 0.6 is 43.5 Å². The van der Waals surface area contributed by atoms with Gasteiger partial charge in [0.25, 0.3) is 5.56 Å². The second-order valence-electron chi connectivity index (χ2n) is 6.07. The smallest absolute Gasteiger partial charge is 0.335 e. The molecule has 2 aromatic carbocycles. The lowest BCUT2D eigenvalue weighted by atomic mass is 10.1. The summed E-state index contributed by atoms with van der Waals surface area (Å²) in [7, 11) is 0. The Labute approximate surface area is 181 Å². The third-order valence-corrected chi connectivity index (χ3v) is 5.73. The van der Waals surface area contributed by atoms with Crippen molar-refractivity contribution in [3.05, 3.63) is 81.8 Å². The van der Waals surface area contributed by atoms with Crippen LogP contribution in [0.2, 0.25) is 5.02 Å². The monoisotopic (exact) mass is 525 g/mol. The van der Waals surface area contributed by atoms with E-state index in [1.165, 1.54) is 6.21 Å². The average molecular weight is 528 g/mol. The molecule has 0 atom stereocenters. The van der Waals surface area contributed by atoms with Crippen molar-refractivity contribution in [1.82, 2.24) is 9.55 Å². The molecular weight excluding hydrogens is 513 g/mol. The Hall–Kier alpha value is -2.16. The van der Waals surface area contributed by atoms with Gasteiger partial charge in [-0.2, -0.15) is 0 Å². The van der Waals surface area contributed by atoms with E-state index >= 15 is 0 Å². The zero-order valence-corrected chi connectivity index (χ0v) is 18.7. The first-order chi connectivity index (χ1) is 13.2. The summed E-state index contributed by atoms with van der Waals surface area (Å²) in [5, 5.41) is 11.0. The van der Waals surface area contributed by atoms with Crippen LogP contribution in [-0.4, -0.2) is 20.9 Å². The van der Waals surface area contributed by atoms with Crippen LogP contribution in [0.1, 0.15) is 16.7 Å². The van der Waals surface area contributed by atoms with Gasteiger partial charge in [-0.25, -0.2) is 9.36 Å². The molecule has 0 fully saturated rings. The van der Waals surface area contributed by atoms with Crippen LogP contribution < -0.4 is 11.2 Å². The highest BCUT2D eigenvalue weighted by Gasteiger charge is 2.16. The molecule has 2 N–H and O–H groups in total. The molecular formula is C19H14Br2ClN3O3. The van der Waals surface area contributed by atoms with Crippen LogP contribution in [0.25, 0.3) is 5.69 Å². The standard InChI is InChI=1S/C19H14Br2ClN3O3/c1-9-6-16(10(2)5-13(9)21)25-18(27)12(17(26)24-19(25)28)8-23-15-4-3-11(20)7-14(15)22/h3-8,27H,1-2H3,(H,24,26,28). The van der Waals surface area contributed by atoms with Gasteiger partial charge in [-0.3, -0.25) is 14.8 Å². The van der Waals surface area contributed by atoms with Crippen molar-refractivity contribution in [3.63, 3.8) is 0 Å². The number of aromatic hydroxyl groups is 1. The summed E-state index contributed by atoms with van der Waals surface area (Å²) < 4.78 is 2.70. The van der Waals surface area contributed by atoms with Crippen molar-refractivity contribution in [1.29, 1.82) is 0 Å². The largest absolute Gasteiger partial charge is 0.493 e. The molecule has 0 spiro atoms. The van der Waals surface area contributed by atoms with Gasteiger partial charge in [-0.1, -0.05) is 43.5 Å². The van der Waals surface area contributed by atoms with Crippen LogP contribution in [0.5, 0.6) is 5.88 Å². The van der Waals surface area contributed by atoms with Gasteiger partial charge in [0.15, 0.2) is 0 Å². The molecule has 28 heavy (non-hydrogen) atoms. The van der Waals surface area contributed by atoms with Gasteiger partial charge in [0.2, 0.25) is 5.88 Å². The van der Waals surface area contributed by atoms with Crippen LogP contribution in [0, 0.1) is 13.8 Å². The van der Waals surface area contributed by atoms with E-state index in [9.17, 15) is 14.7 Å². The van der Waals surface area contributed by atoms with Crippen molar-refractivity contribution in [3.8, 4) is 11.6 Å². The fourth-order valence-corrected chi connectivity index (χ4v) is 3.79. The van der Waals surface area contributed by atoms with E-state index < -0.39 is 17.1 Å². The normalized spacial score (nSPS) is 11.3. The molecule has 3 aromatic rings. The molecule has 0 aliphatic rings. The molecule has 1 aromatic heterocycles. The van der Waals surface area contributed by atoms with E-state index in [-0.39, 0.29) is 5.56 Å². The third kappa shape index (κ3) is 3.99. The Bertz CT molecular complexity index is 1230. The highest BCUT2D eigenvalue weighted by molar-refractivity contribution is 9.10. The summed E-state index contributed by atoms with van der Waals surface area (Å²) in [6.45, 7) is 3.66. The maximum atomic E-state index is 12.4. The first kappa shape index (κ1) is 20.6. The zero-order chi connectivity index (χ0) is 20.6. The lowest BCUT2D eigenvalue weighted by Crippen LogP contribution is -2.31. The van der Waals surface area contributed by atoms with Crippen molar-refractivity contribution >= 4 is 55.4 Å². The lowest BCUT2D eigenvalue weighted by Gasteiger charge is -2.14. The Balaban J connectivity index is 2.19. The van der Waals surface area contributed by atoms with Gasteiger partial charge in [-0.15, -0.1) is 0 Å². The predicted molar refractivity (Wildman–Crippen MR) is 118 cm³/mol. The van der Waals surface area contributed by atoms with Crippen LogP contribution in [0.3, 0.4) is 0 Å². The molecule has 0 bridgehead atoms. The summed E-state index contributed by atoms with van der Waals surface area (Å²) in [4.78, 5) is 31.0. The zero-order valence-electron chi connectivity index (χ0n) is 14.8. The van der Waals surface area contributed by atoms with E-state index in [1.807, 2.05) is 13.0 Å². The van der Waals surface area contributed by atoms with Gasteiger partial charge >= 0.3 is 5.69 Å². The van der Waals surface area contributed by atoms with Crippen LogP contribution in [0.4, 0.5) is 5.69 Å². The topological polar surface area (TPSA) is 87.4 Å². The maximum absolute atomic E-state index is 12.4. The number of rotatable bonds is 3. The maximum Gasteiger partial charge on any atom is 0.335 e. The fourth-order valence-electron chi connectivity index (χ4n) is 2.61. The van der Waals surface area contributed by atoms with E-state index in [1.54, 1.807) is 31.2 Å². The molecule has 0 saturated heterocycles. The van der Waals surface area contributed by atoms with Crippen LogP contribution in [-0.2, 0) is 0 Å². The molecule has 0 saturated carbocycles. The molecule has 0 amide bonds. The van der Waals surface area contributed by atoms with E-state index in [2.05, 4.69) is 41.8 Å². The second kappa shape index (κ2) is 8.06. The lowest BCUT2D eigenvalue weighted by molar-refractivity contribution is 0.430. The summed E-state index contributed by atoms with van der Waals surface area (Å²) in [6, 6.07) is 8.64. The highest BCUT2D eigenvalue weighted by atomic mass is 79.9. The van der Waals surface area contributed by atoms with Gasteiger partial charge in [-0.05, 0) is 55.3 Å². The molecule has 0 aliphatic heterocycles. The Kier molecular flexibility index (Phi) is 5.92. The predicted octanol–water partition coefficient (Wildman–Crippen LogP) is 4.78. The number of aryl methyl sites for hydroxylation is 2. The number of aromatic nitrogens is 2. The SMILES string of the molecule is Cc1cc(-n2c(O)c(C=Nc3ccc(Br)cc3Cl)c(=O)[nH]c2=O)c(C)cc1Br. The van der Waals surface area contributed by atoms with E-state index in [0.717, 1.165) is 24.6 Å². The number of nitrogens with zero attached hydrogens (tertiary/aromatic N) is 2. The molecule has 144 valence electrons. The number of nitrogens with one attached hydrogen (secondary N) is 1. The second-order valence-corrected chi connectivity index (χ2v) is 8.25. The van der Waals surface area contributed by atoms with E-state index in [4.69, 9.17) is 11.6 Å². The van der Waals surface area contributed by atoms with E-state index in [0.29, 0.717) is 16.4 Å². The number of halogens is 3. The summed E-state index contributed by atoms with van der Waals surface area (Å²) >= 11 is 12.9. The number of aliphatic imine (C=N–C) groups is 1. The first-order valence-corrected chi connectivity index (χ1v) is 10.00. The molecule has 0 unspecified atom stereocenters. The number of H-pyrrole nitrogens is 1. The quantitative estimate of drug-likeness (QED) is 0.481. The van der Waals surface area contributed by atoms with Crippen LogP contribution in [0.15, 0.2) is 53.9 Å². The summed E-state index contributed by atoms with van der Waals surface area (Å²) in [5.74, 6) is -0.504. The average Bonchev–Trinajstić information content (AvgIpc) is 2.60. The minimum Gasteiger partial charge on any atom is -0.493 e. The molecule has 0 radical (unpaired) electrons. The van der Waals surface area contributed by atoms with Crippen molar-refractivity contribution < 1.29 is 5.11 Å². The Morgan fingerprint density at radius 2 is 1.86 bits per heavy atom. The summed E-state index contributed by atoms with van der Waals surface area (Å²) in [5.41, 5.74) is 0.829. The van der Waals surface area contributed by atoms with Crippen molar-refractivity contribution in [2.24, 2.45) is 4.99 Å². The summed E-state index contributed by atoms with van der Waals surface area (Å²) in [6.07, 6.45) is 1.18. The number of aromatic amines is 1.